The van der Waals surface area contributed by atoms with Crippen LogP contribution in [-0.4, -0.2) is 40.6 Å². The van der Waals surface area contributed by atoms with Crippen LogP contribution < -0.4 is 11.1 Å². The maximum absolute atomic E-state index is 12.6. The molecule has 0 bridgehead atoms. The number of rotatable bonds is 6. The first-order chi connectivity index (χ1) is 14.0. The third kappa shape index (κ3) is 3.56. The Morgan fingerprint density at radius 3 is 2.55 bits per heavy atom. The quantitative estimate of drug-likeness (QED) is 0.547. The molecule has 0 aliphatic rings. The SMILES string of the molecule is CN(C)C(CNC(=O)Cn1c(=O)oc2ccccc21)c1cn(C)c2ccccc12. The van der Waals surface area contributed by atoms with Crippen LogP contribution in [0.15, 0.2) is 63.9 Å². The van der Waals surface area contributed by atoms with Gasteiger partial charge in [0.05, 0.1) is 11.6 Å². The molecule has 29 heavy (non-hydrogen) atoms. The Morgan fingerprint density at radius 1 is 1.10 bits per heavy atom. The van der Waals surface area contributed by atoms with Crippen molar-refractivity contribution in [3.8, 4) is 0 Å². The van der Waals surface area contributed by atoms with Gasteiger partial charge in [-0.1, -0.05) is 30.3 Å². The summed E-state index contributed by atoms with van der Waals surface area (Å²) in [4.78, 5) is 26.8. The van der Waals surface area contributed by atoms with Gasteiger partial charge in [-0.05, 0) is 37.9 Å². The van der Waals surface area contributed by atoms with Crippen molar-refractivity contribution >= 4 is 27.9 Å². The molecule has 2 aromatic carbocycles. The Hall–Kier alpha value is -3.32. The van der Waals surface area contributed by atoms with Crippen LogP contribution in [0.4, 0.5) is 0 Å². The van der Waals surface area contributed by atoms with Crippen molar-refractivity contribution in [2.45, 2.75) is 12.6 Å². The van der Waals surface area contributed by atoms with Gasteiger partial charge in [-0.15, -0.1) is 0 Å². The van der Waals surface area contributed by atoms with Gasteiger partial charge >= 0.3 is 5.76 Å². The summed E-state index contributed by atoms with van der Waals surface area (Å²) in [5.41, 5.74) is 3.40. The normalized spacial score (nSPS) is 12.7. The van der Waals surface area contributed by atoms with Crippen molar-refractivity contribution in [2.75, 3.05) is 20.6 Å². The number of likely N-dealkylation sites (N-methyl/N-ethyl adjacent to an activating group) is 1. The maximum Gasteiger partial charge on any atom is 0.420 e. The number of oxazole rings is 1. The largest absolute Gasteiger partial charge is 0.420 e. The van der Waals surface area contributed by atoms with Crippen LogP contribution in [0.5, 0.6) is 0 Å². The highest BCUT2D eigenvalue weighted by molar-refractivity contribution is 5.84. The molecule has 0 spiro atoms. The number of para-hydroxylation sites is 3. The van der Waals surface area contributed by atoms with E-state index in [1.807, 2.05) is 39.3 Å². The van der Waals surface area contributed by atoms with E-state index in [2.05, 4.69) is 33.1 Å². The predicted molar refractivity (Wildman–Crippen MR) is 113 cm³/mol. The summed E-state index contributed by atoms with van der Waals surface area (Å²) in [7, 11) is 6.01. The van der Waals surface area contributed by atoms with E-state index in [1.54, 1.807) is 18.2 Å². The van der Waals surface area contributed by atoms with Gasteiger partial charge in [0.2, 0.25) is 5.91 Å². The molecule has 0 radical (unpaired) electrons. The summed E-state index contributed by atoms with van der Waals surface area (Å²) in [6, 6.07) is 15.3. The minimum absolute atomic E-state index is 0.00265. The van der Waals surface area contributed by atoms with Gasteiger partial charge in [0.25, 0.3) is 0 Å². The average molecular weight is 392 g/mol. The number of aromatic nitrogens is 2. The number of benzene rings is 2. The average Bonchev–Trinajstić information content (AvgIpc) is 3.19. The van der Waals surface area contributed by atoms with Crippen LogP contribution in [0.3, 0.4) is 0 Å². The highest BCUT2D eigenvalue weighted by Gasteiger charge is 2.20. The number of carbonyl (C=O) groups is 1. The zero-order valence-electron chi connectivity index (χ0n) is 16.8. The maximum atomic E-state index is 12.6. The standard InChI is InChI=1S/C22H24N4O3/c1-24(2)19(16-13-25(3)17-9-5-4-8-15(16)17)12-23-21(27)14-26-18-10-6-7-11-20(18)29-22(26)28/h4-11,13,19H,12,14H2,1-3H3,(H,23,27). The lowest BCUT2D eigenvalue weighted by molar-refractivity contribution is -0.121. The second kappa shape index (κ2) is 7.60. The van der Waals surface area contributed by atoms with Gasteiger partial charge in [0.15, 0.2) is 5.58 Å². The van der Waals surface area contributed by atoms with Crippen LogP contribution in [0.1, 0.15) is 11.6 Å². The van der Waals surface area contributed by atoms with E-state index in [4.69, 9.17) is 4.42 Å². The fourth-order valence-corrected chi connectivity index (χ4v) is 3.78. The van der Waals surface area contributed by atoms with E-state index in [0.29, 0.717) is 17.6 Å². The minimum Gasteiger partial charge on any atom is -0.408 e. The van der Waals surface area contributed by atoms with Crippen LogP contribution in [0.2, 0.25) is 0 Å². The molecule has 1 atom stereocenters. The predicted octanol–water partition coefficient (Wildman–Crippen LogP) is 2.51. The molecule has 4 rings (SSSR count). The van der Waals surface area contributed by atoms with Crippen LogP contribution >= 0.6 is 0 Å². The number of nitrogens with zero attached hydrogens (tertiary/aromatic N) is 3. The van der Waals surface area contributed by atoms with Crippen LogP contribution in [0, 0.1) is 0 Å². The van der Waals surface area contributed by atoms with Crippen molar-refractivity contribution < 1.29 is 9.21 Å². The molecule has 150 valence electrons. The van der Waals surface area contributed by atoms with E-state index < -0.39 is 5.76 Å². The van der Waals surface area contributed by atoms with E-state index in [-0.39, 0.29) is 18.5 Å². The topological polar surface area (TPSA) is 72.4 Å². The molecule has 1 unspecified atom stereocenters. The molecule has 0 aliphatic heterocycles. The van der Waals surface area contributed by atoms with Gasteiger partial charge in [-0.3, -0.25) is 9.36 Å². The zero-order valence-corrected chi connectivity index (χ0v) is 16.8. The van der Waals surface area contributed by atoms with E-state index in [9.17, 15) is 9.59 Å². The number of amides is 1. The summed E-state index contributed by atoms with van der Waals surface area (Å²) in [5, 5.41) is 4.14. The zero-order chi connectivity index (χ0) is 20.5. The smallest absolute Gasteiger partial charge is 0.408 e. The first-order valence-electron chi connectivity index (χ1n) is 9.51. The van der Waals surface area contributed by atoms with Crippen molar-refractivity contribution in [1.82, 2.24) is 19.4 Å². The lowest BCUT2D eigenvalue weighted by atomic mass is 10.0. The van der Waals surface area contributed by atoms with Gasteiger partial charge in [0, 0.05) is 30.7 Å². The fraction of sp³-hybridized carbons (Fsp3) is 0.273. The molecule has 1 amide bonds. The summed E-state index contributed by atoms with van der Waals surface area (Å²) in [6.45, 7) is 0.357. The molecule has 0 fully saturated rings. The first kappa shape index (κ1) is 19.0. The van der Waals surface area contributed by atoms with Crippen LogP contribution in [0.25, 0.3) is 22.0 Å². The van der Waals surface area contributed by atoms with Crippen LogP contribution in [-0.2, 0) is 18.4 Å². The number of hydrogen-bond donors (Lipinski definition) is 1. The van der Waals surface area contributed by atoms with Crippen molar-refractivity contribution in [3.63, 3.8) is 0 Å². The Kier molecular flexibility index (Phi) is 4.98. The summed E-state index contributed by atoms with van der Waals surface area (Å²) in [5.74, 6) is -0.759. The summed E-state index contributed by atoms with van der Waals surface area (Å²) < 4.78 is 8.65. The van der Waals surface area contributed by atoms with Gasteiger partial charge in [0.1, 0.15) is 6.54 Å². The number of nitrogens with one attached hydrogen (secondary N) is 1. The molecule has 4 aromatic rings. The highest BCUT2D eigenvalue weighted by atomic mass is 16.4. The van der Waals surface area contributed by atoms with Gasteiger partial charge in [-0.25, -0.2) is 4.79 Å². The third-order valence-corrected chi connectivity index (χ3v) is 5.28. The molecule has 0 saturated carbocycles. The summed E-state index contributed by atoms with van der Waals surface area (Å²) in [6.07, 6.45) is 2.11. The number of hydrogen-bond acceptors (Lipinski definition) is 4. The summed E-state index contributed by atoms with van der Waals surface area (Å²) >= 11 is 0. The van der Waals surface area contributed by atoms with Crippen molar-refractivity contribution in [1.29, 1.82) is 0 Å². The minimum atomic E-state index is -0.528. The first-order valence-corrected chi connectivity index (χ1v) is 9.51. The third-order valence-electron chi connectivity index (χ3n) is 5.28. The monoisotopic (exact) mass is 392 g/mol. The molecular formula is C22H24N4O3. The van der Waals surface area contributed by atoms with Gasteiger partial charge in [-0.2, -0.15) is 0 Å². The highest BCUT2D eigenvalue weighted by Crippen LogP contribution is 2.28. The molecule has 2 heterocycles. The van der Waals surface area contributed by atoms with Crippen molar-refractivity contribution in [3.05, 3.63) is 70.8 Å². The molecule has 2 aromatic heterocycles. The lowest BCUT2D eigenvalue weighted by Crippen LogP contribution is -2.37. The number of fused-ring (bicyclic) bond motifs is 2. The van der Waals surface area contributed by atoms with E-state index in [1.165, 1.54) is 9.95 Å². The Balaban J connectivity index is 1.53. The Labute approximate surface area is 168 Å². The van der Waals surface area contributed by atoms with E-state index in [0.717, 1.165) is 11.1 Å². The van der Waals surface area contributed by atoms with E-state index >= 15 is 0 Å². The van der Waals surface area contributed by atoms with Crippen molar-refractivity contribution in [2.24, 2.45) is 7.05 Å². The Morgan fingerprint density at radius 2 is 1.79 bits per heavy atom. The number of carbonyl (C=O) groups excluding carboxylic acids is 1. The molecular weight excluding hydrogens is 368 g/mol. The molecule has 7 nitrogen and oxygen atoms in total. The Bertz CT molecular complexity index is 1230. The molecule has 0 aliphatic carbocycles. The number of aryl methyl sites for hydroxylation is 1. The van der Waals surface area contributed by atoms with Gasteiger partial charge < -0.3 is 19.2 Å². The fourth-order valence-electron chi connectivity index (χ4n) is 3.78. The second-order valence-corrected chi connectivity index (χ2v) is 7.42. The second-order valence-electron chi connectivity index (χ2n) is 7.42. The molecule has 1 N–H and O–H groups in total. The lowest BCUT2D eigenvalue weighted by Gasteiger charge is -2.24. The molecule has 7 heteroatoms. The molecule has 0 saturated heterocycles.